The van der Waals surface area contributed by atoms with Crippen LogP contribution < -0.4 is 5.32 Å². The molecule has 1 rings (SSSR count). The van der Waals surface area contributed by atoms with Gasteiger partial charge in [-0.25, -0.2) is 0 Å². The third-order valence-electron chi connectivity index (χ3n) is 2.93. The molecule has 0 heterocycles. The lowest BCUT2D eigenvalue weighted by Gasteiger charge is -2.19. The lowest BCUT2D eigenvalue weighted by molar-refractivity contribution is 0.0122. The van der Waals surface area contributed by atoms with E-state index in [1.807, 2.05) is 30.3 Å². The summed E-state index contributed by atoms with van der Waals surface area (Å²) >= 11 is 0. The van der Waals surface area contributed by atoms with Gasteiger partial charge in [-0.2, -0.15) is 0 Å². The summed E-state index contributed by atoms with van der Waals surface area (Å²) < 4.78 is 10.1. The molecule has 5 heteroatoms. The van der Waals surface area contributed by atoms with E-state index in [0.29, 0.717) is 19.8 Å². The Balaban J connectivity index is 2.20. The topological polar surface area (TPSA) is 71.0 Å². The van der Waals surface area contributed by atoms with Crippen LogP contribution in [0.3, 0.4) is 0 Å². The zero-order valence-electron chi connectivity index (χ0n) is 12.0. The first kappa shape index (κ1) is 17.1. The number of methoxy groups -OCH3 is 1. The van der Waals surface area contributed by atoms with Gasteiger partial charge in [-0.1, -0.05) is 30.3 Å². The van der Waals surface area contributed by atoms with Crippen LogP contribution in [0.1, 0.15) is 5.56 Å². The third kappa shape index (κ3) is 7.57. The van der Waals surface area contributed by atoms with E-state index in [1.165, 1.54) is 0 Å². The number of ether oxygens (including phenoxy) is 2. The van der Waals surface area contributed by atoms with Crippen LogP contribution in [0.2, 0.25) is 0 Å². The SMILES string of the molecule is COCCOCC(O)CNC(CO)Cc1ccccc1. The number of hydrogen-bond acceptors (Lipinski definition) is 5. The monoisotopic (exact) mass is 283 g/mol. The first-order chi connectivity index (χ1) is 9.76. The number of aliphatic hydroxyl groups is 2. The van der Waals surface area contributed by atoms with E-state index in [9.17, 15) is 10.2 Å². The second-order valence-electron chi connectivity index (χ2n) is 4.70. The van der Waals surface area contributed by atoms with Crippen molar-refractivity contribution in [3.8, 4) is 0 Å². The van der Waals surface area contributed by atoms with Crippen molar-refractivity contribution in [3.63, 3.8) is 0 Å². The van der Waals surface area contributed by atoms with Gasteiger partial charge in [0.2, 0.25) is 0 Å². The maximum absolute atomic E-state index is 9.75. The molecule has 0 fully saturated rings. The predicted molar refractivity (Wildman–Crippen MR) is 77.7 cm³/mol. The highest BCUT2D eigenvalue weighted by Crippen LogP contribution is 2.03. The highest BCUT2D eigenvalue weighted by molar-refractivity contribution is 5.15. The molecular formula is C15H25NO4. The minimum Gasteiger partial charge on any atom is -0.395 e. The van der Waals surface area contributed by atoms with Crippen molar-refractivity contribution in [3.05, 3.63) is 35.9 Å². The molecule has 114 valence electrons. The van der Waals surface area contributed by atoms with E-state index < -0.39 is 6.10 Å². The maximum atomic E-state index is 9.75. The molecule has 0 saturated carbocycles. The van der Waals surface area contributed by atoms with E-state index >= 15 is 0 Å². The second kappa shape index (κ2) is 10.8. The first-order valence-electron chi connectivity index (χ1n) is 6.89. The summed E-state index contributed by atoms with van der Waals surface area (Å²) in [5.41, 5.74) is 1.16. The molecule has 0 aliphatic rings. The summed E-state index contributed by atoms with van der Waals surface area (Å²) in [5.74, 6) is 0. The molecule has 2 unspecified atom stereocenters. The molecule has 0 aliphatic heterocycles. The summed E-state index contributed by atoms with van der Waals surface area (Å²) in [6, 6.07) is 9.89. The molecule has 0 spiro atoms. The van der Waals surface area contributed by atoms with E-state index in [1.54, 1.807) is 7.11 Å². The number of rotatable bonds is 11. The second-order valence-corrected chi connectivity index (χ2v) is 4.70. The molecule has 0 aromatic heterocycles. The zero-order valence-corrected chi connectivity index (χ0v) is 12.0. The van der Waals surface area contributed by atoms with Crippen molar-refractivity contribution >= 4 is 0 Å². The van der Waals surface area contributed by atoms with Crippen molar-refractivity contribution in [1.82, 2.24) is 5.32 Å². The van der Waals surface area contributed by atoms with Gasteiger partial charge in [0.05, 0.1) is 32.5 Å². The molecule has 0 radical (unpaired) electrons. The predicted octanol–water partition coefficient (Wildman–Crippen LogP) is 0.204. The Morgan fingerprint density at radius 1 is 1.20 bits per heavy atom. The van der Waals surface area contributed by atoms with E-state index in [2.05, 4.69) is 5.32 Å². The summed E-state index contributed by atoms with van der Waals surface area (Å²) in [4.78, 5) is 0. The van der Waals surface area contributed by atoms with Crippen LogP contribution in [0, 0.1) is 0 Å². The van der Waals surface area contributed by atoms with Gasteiger partial charge in [0.15, 0.2) is 0 Å². The summed E-state index contributed by atoms with van der Waals surface area (Å²) in [6.07, 6.45) is 0.144. The summed E-state index contributed by atoms with van der Waals surface area (Å²) in [7, 11) is 1.61. The van der Waals surface area contributed by atoms with Gasteiger partial charge in [-0.3, -0.25) is 0 Å². The molecular weight excluding hydrogens is 258 g/mol. The molecule has 5 nitrogen and oxygen atoms in total. The number of benzene rings is 1. The Hall–Kier alpha value is -0.980. The van der Waals surface area contributed by atoms with Gasteiger partial charge < -0.3 is 25.0 Å². The van der Waals surface area contributed by atoms with E-state index in [-0.39, 0.29) is 19.3 Å². The van der Waals surface area contributed by atoms with Gasteiger partial charge in [-0.05, 0) is 12.0 Å². The fourth-order valence-electron chi connectivity index (χ4n) is 1.82. The molecule has 2 atom stereocenters. The van der Waals surface area contributed by atoms with E-state index in [0.717, 1.165) is 12.0 Å². The highest BCUT2D eigenvalue weighted by Gasteiger charge is 2.11. The molecule has 1 aromatic rings. The fraction of sp³-hybridized carbons (Fsp3) is 0.600. The average molecular weight is 283 g/mol. The Bertz CT molecular complexity index is 334. The van der Waals surface area contributed by atoms with Crippen molar-refractivity contribution in [1.29, 1.82) is 0 Å². The Morgan fingerprint density at radius 2 is 1.95 bits per heavy atom. The molecule has 0 amide bonds. The van der Waals surface area contributed by atoms with Gasteiger partial charge >= 0.3 is 0 Å². The normalized spacial score (nSPS) is 14.2. The number of hydrogen-bond donors (Lipinski definition) is 3. The van der Waals surface area contributed by atoms with Crippen molar-refractivity contribution < 1.29 is 19.7 Å². The average Bonchev–Trinajstić information content (AvgIpc) is 2.49. The zero-order chi connectivity index (χ0) is 14.6. The van der Waals surface area contributed by atoms with Gasteiger partial charge in [0.25, 0.3) is 0 Å². The summed E-state index contributed by atoms with van der Waals surface area (Å²) in [5, 5.41) is 22.3. The first-order valence-corrected chi connectivity index (χ1v) is 6.89. The largest absolute Gasteiger partial charge is 0.395 e. The Labute approximate surface area is 120 Å². The van der Waals surface area contributed by atoms with Crippen molar-refractivity contribution in [2.75, 3.05) is 40.1 Å². The van der Waals surface area contributed by atoms with Crippen molar-refractivity contribution in [2.45, 2.75) is 18.6 Å². The highest BCUT2D eigenvalue weighted by atomic mass is 16.5. The standard InChI is InChI=1S/C15H25NO4/c1-19-7-8-20-12-15(18)10-16-14(11-17)9-13-5-3-2-4-6-13/h2-6,14-18H,7-12H2,1H3. The Kier molecular flexibility index (Phi) is 9.19. The maximum Gasteiger partial charge on any atom is 0.0897 e. The lowest BCUT2D eigenvalue weighted by atomic mass is 10.1. The lowest BCUT2D eigenvalue weighted by Crippen LogP contribution is -2.40. The van der Waals surface area contributed by atoms with Gasteiger partial charge in [0.1, 0.15) is 0 Å². The molecule has 20 heavy (non-hydrogen) atoms. The third-order valence-corrected chi connectivity index (χ3v) is 2.93. The van der Waals surface area contributed by atoms with Gasteiger partial charge in [0, 0.05) is 19.7 Å². The van der Waals surface area contributed by atoms with Crippen LogP contribution in [0.15, 0.2) is 30.3 Å². The number of aliphatic hydroxyl groups excluding tert-OH is 2. The van der Waals surface area contributed by atoms with E-state index in [4.69, 9.17) is 9.47 Å². The van der Waals surface area contributed by atoms with Crippen LogP contribution in [-0.2, 0) is 15.9 Å². The van der Waals surface area contributed by atoms with Crippen LogP contribution in [-0.4, -0.2) is 62.4 Å². The van der Waals surface area contributed by atoms with Gasteiger partial charge in [-0.15, -0.1) is 0 Å². The fourth-order valence-corrected chi connectivity index (χ4v) is 1.82. The van der Waals surface area contributed by atoms with Crippen LogP contribution in [0.5, 0.6) is 0 Å². The summed E-state index contributed by atoms with van der Waals surface area (Å²) in [6.45, 7) is 1.69. The van der Waals surface area contributed by atoms with Crippen LogP contribution >= 0.6 is 0 Å². The smallest absolute Gasteiger partial charge is 0.0897 e. The van der Waals surface area contributed by atoms with Crippen LogP contribution in [0.25, 0.3) is 0 Å². The molecule has 0 saturated heterocycles. The molecule has 0 bridgehead atoms. The molecule has 0 aliphatic carbocycles. The minimum atomic E-state index is -0.586. The van der Waals surface area contributed by atoms with Crippen molar-refractivity contribution in [2.24, 2.45) is 0 Å². The molecule has 1 aromatic carbocycles. The number of nitrogens with one attached hydrogen (secondary N) is 1. The Morgan fingerprint density at radius 3 is 2.60 bits per heavy atom. The minimum absolute atomic E-state index is 0.0339. The van der Waals surface area contributed by atoms with Crippen LogP contribution in [0.4, 0.5) is 0 Å². The quantitative estimate of drug-likeness (QED) is 0.506. The molecule has 3 N–H and O–H groups in total.